The Labute approximate surface area is 148 Å². The van der Waals surface area contributed by atoms with Crippen molar-refractivity contribution in [1.82, 2.24) is 24.6 Å². The summed E-state index contributed by atoms with van der Waals surface area (Å²) >= 11 is 3.10. The Morgan fingerprint density at radius 3 is 2.67 bits per heavy atom. The molecule has 0 aliphatic rings. The second kappa shape index (κ2) is 5.75. The van der Waals surface area contributed by atoms with Gasteiger partial charge < -0.3 is 4.98 Å². The molecule has 0 fully saturated rings. The summed E-state index contributed by atoms with van der Waals surface area (Å²) in [5.74, 6) is 0. The van der Waals surface area contributed by atoms with Gasteiger partial charge in [0, 0.05) is 5.41 Å². The van der Waals surface area contributed by atoms with Gasteiger partial charge in [0.05, 0.1) is 23.8 Å². The SMILES string of the molecule is CC(C)(C)c1cn2nc(Sc3ncc(-c4ccccc4)[nH]3)sc2n1. The number of H-pyrrole nitrogens is 1. The Morgan fingerprint density at radius 2 is 1.96 bits per heavy atom. The average molecular weight is 355 g/mol. The van der Waals surface area contributed by atoms with Crippen molar-refractivity contribution in [3.8, 4) is 11.3 Å². The van der Waals surface area contributed by atoms with E-state index in [1.54, 1.807) is 11.3 Å². The zero-order valence-corrected chi connectivity index (χ0v) is 15.3. The molecule has 3 aromatic heterocycles. The summed E-state index contributed by atoms with van der Waals surface area (Å²) in [4.78, 5) is 13.4. The summed E-state index contributed by atoms with van der Waals surface area (Å²) < 4.78 is 2.78. The van der Waals surface area contributed by atoms with Crippen LogP contribution in [0.15, 0.2) is 52.2 Å². The second-order valence-corrected chi connectivity index (χ2v) is 8.73. The molecule has 0 atom stereocenters. The van der Waals surface area contributed by atoms with Gasteiger partial charge in [0.15, 0.2) is 9.50 Å². The van der Waals surface area contributed by atoms with Crippen LogP contribution >= 0.6 is 23.1 Å². The van der Waals surface area contributed by atoms with Crippen LogP contribution in [0.3, 0.4) is 0 Å². The maximum atomic E-state index is 4.67. The lowest BCUT2D eigenvalue weighted by atomic mass is 9.93. The summed E-state index contributed by atoms with van der Waals surface area (Å²) in [5, 5.41) is 5.43. The van der Waals surface area contributed by atoms with E-state index >= 15 is 0 Å². The van der Waals surface area contributed by atoms with Crippen molar-refractivity contribution < 1.29 is 0 Å². The van der Waals surface area contributed by atoms with E-state index in [1.807, 2.05) is 35.1 Å². The van der Waals surface area contributed by atoms with Crippen molar-refractivity contribution in [3.05, 3.63) is 48.4 Å². The van der Waals surface area contributed by atoms with Crippen LogP contribution < -0.4 is 0 Å². The van der Waals surface area contributed by atoms with E-state index in [4.69, 9.17) is 0 Å². The third-order valence-corrected chi connectivity index (χ3v) is 5.49. The Bertz CT molecular complexity index is 944. The van der Waals surface area contributed by atoms with Crippen LogP contribution in [0.2, 0.25) is 0 Å². The lowest BCUT2D eigenvalue weighted by Crippen LogP contribution is -2.11. The highest BCUT2D eigenvalue weighted by molar-refractivity contribution is 8.01. The topological polar surface area (TPSA) is 58.9 Å². The molecule has 0 radical (unpaired) electrons. The van der Waals surface area contributed by atoms with E-state index in [9.17, 15) is 0 Å². The molecular weight excluding hydrogens is 338 g/mol. The molecule has 0 spiro atoms. The number of fused-ring (bicyclic) bond motifs is 1. The van der Waals surface area contributed by atoms with Crippen LogP contribution in [0, 0.1) is 0 Å². The molecule has 5 nitrogen and oxygen atoms in total. The lowest BCUT2D eigenvalue weighted by Gasteiger charge is -2.13. The van der Waals surface area contributed by atoms with E-state index in [2.05, 4.69) is 53.0 Å². The number of nitrogens with zero attached hydrogens (tertiary/aromatic N) is 4. The van der Waals surface area contributed by atoms with Gasteiger partial charge in [-0.2, -0.15) is 0 Å². The van der Waals surface area contributed by atoms with Gasteiger partial charge in [-0.3, -0.25) is 0 Å². The van der Waals surface area contributed by atoms with E-state index in [-0.39, 0.29) is 5.41 Å². The van der Waals surface area contributed by atoms with Crippen LogP contribution in [0.5, 0.6) is 0 Å². The van der Waals surface area contributed by atoms with Gasteiger partial charge in [-0.25, -0.2) is 14.5 Å². The summed E-state index contributed by atoms with van der Waals surface area (Å²) in [7, 11) is 0. The van der Waals surface area contributed by atoms with E-state index < -0.39 is 0 Å². The molecule has 122 valence electrons. The van der Waals surface area contributed by atoms with Crippen molar-refractivity contribution in [2.45, 2.75) is 35.7 Å². The number of aromatic nitrogens is 5. The summed E-state index contributed by atoms with van der Waals surface area (Å²) in [6, 6.07) is 10.2. The summed E-state index contributed by atoms with van der Waals surface area (Å²) in [6.45, 7) is 6.47. The first-order valence-electron chi connectivity index (χ1n) is 7.64. The van der Waals surface area contributed by atoms with Gasteiger partial charge in [0.2, 0.25) is 4.96 Å². The van der Waals surface area contributed by atoms with Crippen LogP contribution in [0.1, 0.15) is 26.5 Å². The third kappa shape index (κ3) is 2.97. The van der Waals surface area contributed by atoms with Gasteiger partial charge in [-0.05, 0) is 17.3 Å². The number of imidazole rings is 2. The molecule has 24 heavy (non-hydrogen) atoms. The van der Waals surface area contributed by atoms with Crippen LogP contribution in [0.25, 0.3) is 16.2 Å². The molecule has 0 saturated heterocycles. The molecule has 0 aliphatic carbocycles. The van der Waals surface area contributed by atoms with Gasteiger partial charge in [0.25, 0.3) is 0 Å². The standard InChI is InChI=1S/C17H17N5S2/c1-17(2,3)13-10-22-15(20-13)24-16(21-22)23-14-18-9-12(19-14)11-7-5-4-6-8-11/h4-10H,1-3H3,(H,18,19). The maximum Gasteiger partial charge on any atom is 0.213 e. The van der Waals surface area contributed by atoms with Crippen molar-refractivity contribution >= 4 is 28.1 Å². The molecule has 0 saturated carbocycles. The Morgan fingerprint density at radius 1 is 1.17 bits per heavy atom. The number of aromatic amines is 1. The maximum absolute atomic E-state index is 4.67. The fraction of sp³-hybridized carbons (Fsp3) is 0.235. The summed E-state index contributed by atoms with van der Waals surface area (Å²) in [6.07, 6.45) is 3.86. The van der Waals surface area contributed by atoms with Gasteiger partial charge in [0.1, 0.15) is 0 Å². The molecule has 3 heterocycles. The molecular formula is C17H17N5S2. The number of hydrogen-bond donors (Lipinski definition) is 1. The van der Waals surface area contributed by atoms with Crippen LogP contribution in [-0.2, 0) is 5.41 Å². The van der Waals surface area contributed by atoms with Crippen molar-refractivity contribution in [2.75, 3.05) is 0 Å². The molecule has 0 unspecified atom stereocenters. The van der Waals surface area contributed by atoms with Gasteiger partial charge >= 0.3 is 0 Å². The van der Waals surface area contributed by atoms with Gasteiger partial charge in [-0.1, -0.05) is 62.4 Å². The molecule has 7 heteroatoms. The largest absolute Gasteiger partial charge is 0.333 e. The number of benzene rings is 1. The highest BCUT2D eigenvalue weighted by Gasteiger charge is 2.19. The quantitative estimate of drug-likeness (QED) is 0.582. The molecule has 1 aromatic carbocycles. The molecule has 0 amide bonds. The fourth-order valence-electron chi connectivity index (χ4n) is 2.29. The first-order valence-corrected chi connectivity index (χ1v) is 9.27. The monoisotopic (exact) mass is 355 g/mol. The predicted molar refractivity (Wildman–Crippen MR) is 97.7 cm³/mol. The minimum atomic E-state index is 0.0341. The first kappa shape index (κ1) is 15.4. The summed E-state index contributed by atoms with van der Waals surface area (Å²) in [5.41, 5.74) is 3.23. The third-order valence-electron chi connectivity index (χ3n) is 3.61. The first-order chi connectivity index (χ1) is 11.5. The number of nitrogens with one attached hydrogen (secondary N) is 1. The van der Waals surface area contributed by atoms with Crippen LogP contribution in [0.4, 0.5) is 0 Å². The fourth-order valence-corrected chi connectivity index (χ4v) is 4.09. The van der Waals surface area contributed by atoms with Gasteiger partial charge in [-0.15, -0.1) is 5.10 Å². The van der Waals surface area contributed by atoms with Crippen molar-refractivity contribution in [3.63, 3.8) is 0 Å². The molecule has 1 N–H and O–H groups in total. The van der Waals surface area contributed by atoms with E-state index in [1.165, 1.54) is 11.8 Å². The van der Waals surface area contributed by atoms with Crippen molar-refractivity contribution in [1.29, 1.82) is 0 Å². The number of hydrogen-bond acceptors (Lipinski definition) is 5. The second-order valence-electron chi connectivity index (χ2n) is 6.54. The smallest absolute Gasteiger partial charge is 0.213 e. The van der Waals surface area contributed by atoms with Crippen LogP contribution in [-0.4, -0.2) is 24.6 Å². The average Bonchev–Trinajstić information content (AvgIpc) is 3.22. The zero-order valence-electron chi connectivity index (χ0n) is 13.6. The highest BCUT2D eigenvalue weighted by atomic mass is 32.2. The highest BCUT2D eigenvalue weighted by Crippen LogP contribution is 2.32. The zero-order chi connectivity index (χ0) is 16.7. The Hall–Kier alpha value is -2.12. The van der Waals surface area contributed by atoms with E-state index in [0.29, 0.717) is 0 Å². The molecule has 4 rings (SSSR count). The minimum absolute atomic E-state index is 0.0341. The lowest BCUT2D eigenvalue weighted by molar-refractivity contribution is 0.572. The van der Waals surface area contributed by atoms with Crippen molar-refractivity contribution in [2.24, 2.45) is 0 Å². The number of rotatable bonds is 3. The normalized spacial score (nSPS) is 12.1. The van der Waals surface area contributed by atoms with E-state index in [0.717, 1.165) is 31.4 Å². The predicted octanol–water partition coefficient (Wildman–Crippen LogP) is 4.63. The minimum Gasteiger partial charge on any atom is -0.333 e. The molecule has 0 bridgehead atoms. The Balaban J connectivity index is 1.56. The molecule has 0 aliphatic heterocycles. The Kier molecular flexibility index (Phi) is 3.69. The molecule has 4 aromatic rings.